The van der Waals surface area contributed by atoms with Crippen LogP contribution in [0.1, 0.15) is 11.7 Å². The molecule has 3 heteroatoms. The SMILES string of the molecule is C#CC(OC(=O)OC)c1ccc2ccccc2c1. The zero-order valence-corrected chi connectivity index (χ0v) is 9.92. The van der Waals surface area contributed by atoms with Gasteiger partial charge in [0.1, 0.15) is 0 Å². The van der Waals surface area contributed by atoms with E-state index in [4.69, 9.17) is 11.2 Å². The molecule has 0 N–H and O–H groups in total. The van der Waals surface area contributed by atoms with Crippen LogP contribution in [0, 0.1) is 12.3 Å². The number of hydrogen-bond donors (Lipinski definition) is 0. The summed E-state index contributed by atoms with van der Waals surface area (Å²) < 4.78 is 9.42. The number of fused-ring (bicyclic) bond motifs is 1. The first-order valence-electron chi connectivity index (χ1n) is 5.44. The minimum atomic E-state index is -0.786. The smallest absolute Gasteiger partial charge is 0.438 e. The van der Waals surface area contributed by atoms with Gasteiger partial charge in [0.2, 0.25) is 0 Å². The van der Waals surface area contributed by atoms with Gasteiger partial charge in [0.15, 0.2) is 6.10 Å². The van der Waals surface area contributed by atoms with Gasteiger partial charge in [-0.15, -0.1) is 6.42 Å². The van der Waals surface area contributed by atoms with E-state index in [2.05, 4.69) is 10.7 Å². The Labute approximate surface area is 105 Å². The van der Waals surface area contributed by atoms with Gasteiger partial charge >= 0.3 is 6.16 Å². The monoisotopic (exact) mass is 240 g/mol. The van der Waals surface area contributed by atoms with E-state index in [1.165, 1.54) is 7.11 Å². The molecule has 3 nitrogen and oxygen atoms in total. The van der Waals surface area contributed by atoms with Gasteiger partial charge in [-0.1, -0.05) is 42.3 Å². The fraction of sp³-hybridized carbons (Fsp3) is 0.133. The first-order chi connectivity index (χ1) is 8.74. The highest BCUT2D eigenvalue weighted by Gasteiger charge is 2.14. The molecule has 0 spiro atoms. The summed E-state index contributed by atoms with van der Waals surface area (Å²) in [6, 6.07) is 13.6. The molecule has 2 rings (SSSR count). The third-order valence-corrected chi connectivity index (χ3v) is 2.61. The maximum atomic E-state index is 11.1. The fourth-order valence-corrected chi connectivity index (χ4v) is 1.71. The number of benzene rings is 2. The second kappa shape index (κ2) is 5.24. The number of carbonyl (C=O) groups excluding carboxylic acids is 1. The van der Waals surface area contributed by atoms with Crippen LogP contribution in [0.4, 0.5) is 4.79 Å². The van der Waals surface area contributed by atoms with Crippen molar-refractivity contribution in [3.8, 4) is 12.3 Å². The van der Waals surface area contributed by atoms with Crippen molar-refractivity contribution >= 4 is 16.9 Å². The lowest BCUT2D eigenvalue weighted by Gasteiger charge is -2.12. The third-order valence-electron chi connectivity index (χ3n) is 2.61. The van der Waals surface area contributed by atoms with E-state index in [0.717, 1.165) is 16.3 Å². The van der Waals surface area contributed by atoms with Gasteiger partial charge in [-0.3, -0.25) is 0 Å². The molecule has 0 fully saturated rings. The van der Waals surface area contributed by atoms with Gasteiger partial charge in [-0.25, -0.2) is 4.79 Å². The van der Waals surface area contributed by atoms with E-state index in [1.807, 2.05) is 42.5 Å². The number of carbonyl (C=O) groups is 1. The predicted octanol–water partition coefficient (Wildman–Crippen LogP) is 3.30. The molecule has 0 bridgehead atoms. The number of terminal acetylenes is 1. The first kappa shape index (κ1) is 12.0. The quantitative estimate of drug-likeness (QED) is 0.596. The van der Waals surface area contributed by atoms with Crippen LogP contribution >= 0.6 is 0 Å². The lowest BCUT2D eigenvalue weighted by Crippen LogP contribution is -2.09. The molecule has 0 aliphatic rings. The van der Waals surface area contributed by atoms with Gasteiger partial charge in [0.25, 0.3) is 0 Å². The molecule has 0 aliphatic carbocycles. The van der Waals surface area contributed by atoms with Crippen molar-refractivity contribution in [2.24, 2.45) is 0 Å². The van der Waals surface area contributed by atoms with Crippen molar-refractivity contribution in [1.29, 1.82) is 0 Å². The summed E-state index contributed by atoms with van der Waals surface area (Å²) in [4.78, 5) is 11.1. The van der Waals surface area contributed by atoms with Crippen LogP contribution in [0.3, 0.4) is 0 Å². The third kappa shape index (κ3) is 2.44. The Morgan fingerprint density at radius 3 is 2.61 bits per heavy atom. The molecule has 2 aromatic carbocycles. The van der Waals surface area contributed by atoms with Crippen LogP contribution < -0.4 is 0 Å². The maximum Gasteiger partial charge on any atom is 0.509 e. The summed E-state index contributed by atoms with van der Waals surface area (Å²) in [6.45, 7) is 0. The van der Waals surface area contributed by atoms with E-state index in [1.54, 1.807) is 0 Å². The van der Waals surface area contributed by atoms with Crippen LogP contribution in [0.5, 0.6) is 0 Å². The van der Waals surface area contributed by atoms with Crippen LogP contribution in [-0.2, 0) is 9.47 Å². The minimum Gasteiger partial charge on any atom is -0.438 e. The van der Waals surface area contributed by atoms with E-state index in [0.29, 0.717) is 0 Å². The Morgan fingerprint density at radius 1 is 1.22 bits per heavy atom. The molecular weight excluding hydrogens is 228 g/mol. The zero-order chi connectivity index (χ0) is 13.0. The summed E-state index contributed by atoms with van der Waals surface area (Å²) in [5.41, 5.74) is 0.751. The molecular formula is C15H12O3. The second-order valence-electron chi connectivity index (χ2n) is 3.73. The first-order valence-corrected chi connectivity index (χ1v) is 5.44. The van der Waals surface area contributed by atoms with Crippen LogP contribution in [0.2, 0.25) is 0 Å². The number of ether oxygens (including phenoxy) is 2. The normalized spacial score (nSPS) is 11.6. The highest BCUT2D eigenvalue weighted by molar-refractivity contribution is 5.83. The average molecular weight is 240 g/mol. The van der Waals surface area contributed by atoms with Crippen molar-refractivity contribution in [2.45, 2.75) is 6.10 Å². The van der Waals surface area contributed by atoms with E-state index < -0.39 is 12.3 Å². The standard InChI is InChI=1S/C15H12O3/c1-3-14(18-15(16)17-2)13-9-8-11-6-4-5-7-12(11)10-13/h1,4-10,14H,2H3. The van der Waals surface area contributed by atoms with Crippen molar-refractivity contribution in [3.05, 3.63) is 48.0 Å². The number of methoxy groups -OCH3 is 1. The summed E-state index contributed by atoms with van der Waals surface area (Å²) in [5, 5.41) is 2.15. The molecule has 0 saturated heterocycles. The van der Waals surface area contributed by atoms with E-state index in [9.17, 15) is 4.79 Å². The maximum absolute atomic E-state index is 11.1. The van der Waals surface area contributed by atoms with Gasteiger partial charge in [-0.05, 0) is 16.8 Å². The largest absolute Gasteiger partial charge is 0.509 e. The molecule has 0 aromatic heterocycles. The number of hydrogen-bond acceptors (Lipinski definition) is 3. The summed E-state index contributed by atoms with van der Waals surface area (Å²) >= 11 is 0. The Hall–Kier alpha value is -2.47. The minimum absolute atomic E-state index is 0.734. The Bertz CT molecular complexity index is 610. The lowest BCUT2D eigenvalue weighted by atomic mass is 10.0. The van der Waals surface area contributed by atoms with Crippen molar-refractivity contribution < 1.29 is 14.3 Å². The highest BCUT2D eigenvalue weighted by atomic mass is 16.7. The van der Waals surface area contributed by atoms with E-state index in [-0.39, 0.29) is 0 Å². The van der Waals surface area contributed by atoms with Crippen molar-refractivity contribution in [1.82, 2.24) is 0 Å². The molecule has 0 aliphatic heterocycles. The van der Waals surface area contributed by atoms with Crippen LogP contribution in [-0.4, -0.2) is 13.3 Å². The highest BCUT2D eigenvalue weighted by Crippen LogP contribution is 2.22. The lowest BCUT2D eigenvalue weighted by molar-refractivity contribution is 0.0551. The molecule has 2 aromatic rings. The number of rotatable bonds is 2. The molecule has 1 unspecified atom stereocenters. The molecule has 1 atom stereocenters. The second-order valence-corrected chi connectivity index (χ2v) is 3.73. The van der Waals surface area contributed by atoms with Gasteiger partial charge in [0.05, 0.1) is 7.11 Å². The van der Waals surface area contributed by atoms with Gasteiger partial charge in [-0.2, -0.15) is 0 Å². The van der Waals surface area contributed by atoms with Gasteiger partial charge in [0, 0.05) is 5.56 Å². The average Bonchev–Trinajstić information content (AvgIpc) is 2.44. The van der Waals surface area contributed by atoms with Crippen molar-refractivity contribution in [3.63, 3.8) is 0 Å². The molecule has 0 radical (unpaired) electrons. The molecule has 18 heavy (non-hydrogen) atoms. The Kier molecular flexibility index (Phi) is 3.49. The molecule has 0 amide bonds. The van der Waals surface area contributed by atoms with E-state index >= 15 is 0 Å². The summed E-state index contributed by atoms with van der Waals surface area (Å²) in [7, 11) is 1.25. The fourth-order valence-electron chi connectivity index (χ4n) is 1.71. The van der Waals surface area contributed by atoms with Crippen LogP contribution in [0.15, 0.2) is 42.5 Å². The molecule has 90 valence electrons. The summed E-state index contributed by atoms with van der Waals surface area (Å²) in [5.74, 6) is 2.43. The predicted molar refractivity (Wildman–Crippen MR) is 69.0 cm³/mol. The summed E-state index contributed by atoms with van der Waals surface area (Å²) in [6.07, 6.45) is 3.85. The zero-order valence-electron chi connectivity index (χ0n) is 9.92. The topological polar surface area (TPSA) is 35.5 Å². The van der Waals surface area contributed by atoms with Crippen molar-refractivity contribution in [2.75, 3.05) is 7.11 Å². The van der Waals surface area contributed by atoms with Gasteiger partial charge < -0.3 is 9.47 Å². The Morgan fingerprint density at radius 2 is 1.94 bits per heavy atom. The Balaban J connectivity index is 2.34. The molecule has 0 saturated carbocycles. The van der Waals surface area contributed by atoms with Crippen LogP contribution in [0.25, 0.3) is 10.8 Å². The molecule has 0 heterocycles.